The Hall–Kier alpha value is -2.77. The van der Waals surface area contributed by atoms with Gasteiger partial charge in [-0.05, 0) is 55.3 Å². The fourth-order valence-corrected chi connectivity index (χ4v) is 3.85. The van der Waals surface area contributed by atoms with E-state index in [4.69, 9.17) is 5.11 Å². The maximum atomic E-state index is 13.4. The van der Waals surface area contributed by atoms with Crippen LogP contribution in [0.25, 0.3) is 0 Å². The highest BCUT2D eigenvalue weighted by molar-refractivity contribution is 6.06. The number of hydrogen-bond donors (Lipinski definition) is 2. The molecule has 0 saturated heterocycles. The Morgan fingerprint density at radius 1 is 1.13 bits per heavy atom. The third-order valence-corrected chi connectivity index (χ3v) is 5.60. The zero-order valence-corrected chi connectivity index (χ0v) is 18.2. The number of pyridine rings is 1. The summed E-state index contributed by atoms with van der Waals surface area (Å²) in [6.07, 6.45) is 8.71. The van der Waals surface area contributed by atoms with Gasteiger partial charge in [-0.1, -0.05) is 19.3 Å². The Labute approximate surface area is 184 Å². The maximum Gasteiger partial charge on any atom is 0.259 e. The minimum absolute atomic E-state index is 0.0807. The van der Waals surface area contributed by atoms with E-state index in [0.717, 1.165) is 43.5 Å². The second-order valence-electron chi connectivity index (χ2n) is 7.94. The molecule has 1 aliphatic rings. The summed E-state index contributed by atoms with van der Waals surface area (Å²) in [6, 6.07) is 9.06. The number of hydrogen-bond acceptors (Lipinski definition) is 5. The van der Waals surface area contributed by atoms with Crippen molar-refractivity contribution < 1.29 is 14.7 Å². The number of likely N-dealkylation sites (N-methyl/N-ethyl adjacent to an activating group) is 1. The molecule has 1 aromatic heterocycles. The van der Waals surface area contributed by atoms with Crippen LogP contribution in [-0.4, -0.2) is 60.1 Å². The number of anilines is 1. The van der Waals surface area contributed by atoms with Crippen LogP contribution in [0.1, 0.15) is 58.4 Å². The van der Waals surface area contributed by atoms with Crippen LogP contribution in [0.4, 0.5) is 5.69 Å². The maximum absolute atomic E-state index is 13.4. The molecular formula is C24H32N4O3. The van der Waals surface area contributed by atoms with Crippen LogP contribution in [-0.2, 0) is 6.54 Å². The Kier molecular flexibility index (Phi) is 8.55. The van der Waals surface area contributed by atoms with Crippen LogP contribution in [0.2, 0.25) is 0 Å². The minimum Gasteiger partial charge on any atom is -0.395 e. The normalized spacial score (nSPS) is 15.4. The van der Waals surface area contributed by atoms with Crippen molar-refractivity contribution in [1.29, 1.82) is 0 Å². The lowest BCUT2D eigenvalue weighted by Gasteiger charge is -2.27. The highest BCUT2D eigenvalue weighted by Gasteiger charge is 2.22. The molecule has 0 saturated carbocycles. The summed E-state index contributed by atoms with van der Waals surface area (Å²) < 4.78 is 0. The molecule has 0 atom stereocenters. The van der Waals surface area contributed by atoms with Gasteiger partial charge in [0.05, 0.1) is 12.2 Å². The van der Waals surface area contributed by atoms with Crippen LogP contribution < -0.4 is 10.2 Å². The molecule has 7 nitrogen and oxygen atoms in total. The van der Waals surface area contributed by atoms with Crippen LogP contribution in [0.15, 0.2) is 42.7 Å². The van der Waals surface area contributed by atoms with Gasteiger partial charge in [0, 0.05) is 50.3 Å². The Bertz CT molecular complexity index is 872. The molecule has 0 radical (unpaired) electrons. The second kappa shape index (κ2) is 11.6. The predicted octanol–water partition coefficient (Wildman–Crippen LogP) is 2.85. The van der Waals surface area contributed by atoms with Crippen molar-refractivity contribution >= 4 is 17.5 Å². The monoisotopic (exact) mass is 424 g/mol. The van der Waals surface area contributed by atoms with Crippen LogP contribution in [0.5, 0.6) is 0 Å². The quantitative estimate of drug-likeness (QED) is 0.788. The number of nitrogens with zero attached hydrogens (tertiary/aromatic N) is 3. The zero-order valence-electron chi connectivity index (χ0n) is 18.2. The SMILES string of the molecule is CN(CCO)C(=O)c1ccc2c(c1)CNCCCCCCCN2C(=O)c1cccnc1. The summed E-state index contributed by atoms with van der Waals surface area (Å²) >= 11 is 0. The van der Waals surface area contributed by atoms with E-state index < -0.39 is 0 Å². The molecule has 31 heavy (non-hydrogen) atoms. The van der Waals surface area contributed by atoms with Gasteiger partial charge < -0.3 is 20.2 Å². The fraction of sp³-hybridized carbons (Fsp3) is 0.458. The van der Waals surface area contributed by atoms with Crippen molar-refractivity contribution in [1.82, 2.24) is 15.2 Å². The standard InChI is InChI=1S/C24H32N4O3/c1-27(14-15-29)23(30)19-9-10-22-21(16-19)18-25-11-5-3-2-4-6-13-28(22)24(31)20-8-7-12-26-17-20/h7-10,12,16-17,25,29H,2-6,11,13-15,18H2,1H3. The average Bonchev–Trinajstić information content (AvgIpc) is 2.79. The van der Waals surface area contributed by atoms with Gasteiger partial charge in [-0.3, -0.25) is 14.6 Å². The third-order valence-electron chi connectivity index (χ3n) is 5.60. The number of rotatable bonds is 4. The average molecular weight is 425 g/mol. The molecule has 7 heteroatoms. The van der Waals surface area contributed by atoms with Gasteiger partial charge in [-0.25, -0.2) is 0 Å². The molecule has 1 aromatic carbocycles. The van der Waals surface area contributed by atoms with Crippen molar-refractivity contribution in [2.75, 3.05) is 38.2 Å². The topological polar surface area (TPSA) is 85.8 Å². The zero-order chi connectivity index (χ0) is 22.1. The van der Waals surface area contributed by atoms with E-state index in [1.807, 2.05) is 17.0 Å². The van der Waals surface area contributed by atoms with Crippen molar-refractivity contribution in [2.45, 2.75) is 38.6 Å². The largest absolute Gasteiger partial charge is 0.395 e. The van der Waals surface area contributed by atoms with Gasteiger partial charge in [-0.15, -0.1) is 0 Å². The van der Waals surface area contributed by atoms with Crippen molar-refractivity contribution in [3.63, 3.8) is 0 Å². The number of fused-ring (bicyclic) bond motifs is 1. The minimum atomic E-state index is -0.145. The summed E-state index contributed by atoms with van der Waals surface area (Å²) in [5.74, 6) is -0.226. The molecule has 2 aromatic rings. The highest BCUT2D eigenvalue weighted by Crippen LogP contribution is 2.26. The highest BCUT2D eigenvalue weighted by atomic mass is 16.3. The van der Waals surface area contributed by atoms with E-state index in [2.05, 4.69) is 10.3 Å². The van der Waals surface area contributed by atoms with Crippen molar-refractivity contribution in [2.24, 2.45) is 0 Å². The first-order chi connectivity index (χ1) is 15.1. The summed E-state index contributed by atoms with van der Waals surface area (Å²) in [4.78, 5) is 33.5. The second-order valence-corrected chi connectivity index (χ2v) is 7.94. The number of benzene rings is 1. The number of carbonyl (C=O) groups is 2. The molecule has 0 fully saturated rings. The van der Waals surface area contributed by atoms with Gasteiger partial charge in [0.25, 0.3) is 11.8 Å². The molecule has 0 aliphatic carbocycles. The summed E-state index contributed by atoms with van der Waals surface area (Å²) in [6.45, 7) is 2.30. The Balaban J connectivity index is 1.97. The molecule has 0 spiro atoms. The number of nitrogens with one attached hydrogen (secondary N) is 1. The Morgan fingerprint density at radius 2 is 1.94 bits per heavy atom. The molecule has 2 N–H and O–H groups in total. The third kappa shape index (κ3) is 6.12. The van der Waals surface area contributed by atoms with Gasteiger partial charge in [-0.2, -0.15) is 0 Å². The van der Waals surface area contributed by atoms with Gasteiger partial charge in [0.2, 0.25) is 0 Å². The Morgan fingerprint density at radius 3 is 2.71 bits per heavy atom. The molecule has 2 amide bonds. The van der Waals surface area contributed by atoms with E-state index in [-0.39, 0.29) is 25.0 Å². The summed E-state index contributed by atoms with van der Waals surface area (Å²) in [5, 5.41) is 12.6. The number of aliphatic hydroxyl groups is 1. The first-order valence-corrected chi connectivity index (χ1v) is 11.0. The molecule has 1 aliphatic heterocycles. The number of amides is 2. The van der Waals surface area contributed by atoms with E-state index >= 15 is 0 Å². The first-order valence-electron chi connectivity index (χ1n) is 11.0. The van der Waals surface area contributed by atoms with Crippen LogP contribution in [0, 0.1) is 0 Å². The lowest BCUT2D eigenvalue weighted by molar-refractivity contribution is 0.0767. The summed E-state index contributed by atoms with van der Waals surface area (Å²) in [5.41, 5.74) is 2.85. The lowest BCUT2D eigenvalue weighted by atomic mass is 10.0. The van der Waals surface area contributed by atoms with Crippen molar-refractivity contribution in [3.05, 3.63) is 59.4 Å². The predicted molar refractivity (Wildman–Crippen MR) is 121 cm³/mol. The van der Waals surface area contributed by atoms with Gasteiger partial charge in [0.1, 0.15) is 0 Å². The molecule has 3 rings (SSSR count). The summed E-state index contributed by atoms with van der Waals surface area (Å²) in [7, 11) is 1.68. The lowest BCUT2D eigenvalue weighted by Crippen LogP contribution is -2.34. The van der Waals surface area contributed by atoms with E-state index in [9.17, 15) is 9.59 Å². The van der Waals surface area contributed by atoms with Crippen molar-refractivity contribution in [3.8, 4) is 0 Å². The molecule has 0 bridgehead atoms. The molecule has 2 heterocycles. The number of aromatic nitrogens is 1. The van der Waals surface area contributed by atoms with Crippen LogP contribution in [0.3, 0.4) is 0 Å². The smallest absolute Gasteiger partial charge is 0.259 e. The van der Waals surface area contributed by atoms with Crippen LogP contribution >= 0.6 is 0 Å². The van der Waals surface area contributed by atoms with E-state index in [1.54, 1.807) is 37.6 Å². The first kappa shape index (κ1) is 22.9. The fourth-order valence-electron chi connectivity index (χ4n) is 3.85. The molecular weight excluding hydrogens is 392 g/mol. The number of carbonyl (C=O) groups excluding carboxylic acids is 2. The van der Waals surface area contributed by atoms with E-state index in [0.29, 0.717) is 24.2 Å². The molecule has 0 unspecified atom stereocenters. The van der Waals surface area contributed by atoms with E-state index in [1.165, 1.54) is 11.3 Å². The number of aliphatic hydroxyl groups excluding tert-OH is 1. The van der Waals surface area contributed by atoms with Gasteiger partial charge in [0.15, 0.2) is 0 Å². The van der Waals surface area contributed by atoms with Gasteiger partial charge >= 0.3 is 0 Å². The molecule has 166 valence electrons.